The topological polar surface area (TPSA) is 37.8 Å². The third-order valence-electron chi connectivity index (χ3n) is 0.984. The van der Waals surface area contributed by atoms with Crippen molar-refractivity contribution < 1.29 is 4.39 Å². The Balaban J connectivity index is 3.14. The van der Waals surface area contributed by atoms with Crippen molar-refractivity contribution >= 4 is 17.4 Å². The van der Waals surface area contributed by atoms with Gasteiger partial charge in [0.1, 0.15) is 6.33 Å². The van der Waals surface area contributed by atoms with Crippen molar-refractivity contribution in [3.63, 3.8) is 0 Å². The van der Waals surface area contributed by atoms with Crippen molar-refractivity contribution in [2.45, 2.75) is 0 Å². The van der Waals surface area contributed by atoms with Gasteiger partial charge in [-0.05, 0) is 0 Å². The summed E-state index contributed by atoms with van der Waals surface area (Å²) in [6.07, 6.45) is 1.19. The SMILES string of the molecule is CNc1ncnc(Cl)c1F. The fraction of sp³-hybridized carbons (Fsp3) is 0.200. The third-order valence-corrected chi connectivity index (χ3v) is 1.25. The van der Waals surface area contributed by atoms with E-state index in [-0.39, 0.29) is 11.0 Å². The third kappa shape index (κ3) is 1.16. The molecule has 0 bridgehead atoms. The Kier molecular flexibility index (Phi) is 2.01. The zero-order chi connectivity index (χ0) is 7.56. The molecule has 0 aliphatic carbocycles. The van der Waals surface area contributed by atoms with Gasteiger partial charge >= 0.3 is 0 Å². The number of nitrogens with zero attached hydrogens (tertiary/aromatic N) is 2. The highest BCUT2D eigenvalue weighted by Gasteiger charge is 2.05. The maximum absolute atomic E-state index is 12.7. The molecule has 0 fully saturated rings. The summed E-state index contributed by atoms with van der Waals surface area (Å²) < 4.78 is 12.7. The molecule has 54 valence electrons. The van der Waals surface area contributed by atoms with Gasteiger partial charge in [-0.15, -0.1) is 0 Å². The molecule has 0 unspecified atom stereocenters. The number of anilines is 1. The first-order chi connectivity index (χ1) is 4.75. The molecule has 3 nitrogen and oxygen atoms in total. The van der Waals surface area contributed by atoms with Gasteiger partial charge in [0.05, 0.1) is 0 Å². The molecule has 0 saturated heterocycles. The normalized spacial score (nSPS) is 9.50. The highest BCUT2D eigenvalue weighted by molar-refractivity contribution is 6.29. The minimum absolute atomic E-state index is 0.111. The lowest BCUT2D eigenvalue weighted by molar-refractivity contribution is 0.618. The van der Waals surface area contributed by atoms with E-state index in [9.17, 15) is 4.39 Å². The molecule has 1 aromatic rings. The van der Waals surface area contributed by atoms with Gasteiger partial charge in [0.2, 0.25) is 5.82 Å². The van der Waals surface area contributed by atoms with Crippen LogP contribution in [0.5, 0.6) is 0 Å². The maximum atomic E-state index is 12.7. The van der Waals surface area contributed by atoms with E-state index in [1.54, 1.807) is 7.05 Å². The summed E-state index contributed by atoms with van der Waals surface area (Å²) in [4.78, 5) is 7.00. The average molecular weight is 162 g/mol. The molecule has 0 aliphatic heterocycles. The number of hydrogen-bond donors (Lipinski definition) is 1. The second kappa shape index (κ2) is 2.79. The quantitative estimate of drug-likeness (QED) is 0.632. The Morgan fingerprint density at radius 2 is 2.30 bits per heavy atom. The highest BCUT2D eigenvalue weighted by atomic mass is 35.5. The van der Waals surface area contributed by atoms with E-state index >= 15 is 0 Å². The van der Waals surface area contributed by atoms with Gasteiger partial charge in [0, 0.05) is 7.05 Å². The fourth-order valence-corrected chi connectivity index (χ4v) is 0.656. The largest absolute Gasteiger partial charge is 0.371 e. The van der Waals surface area contributed by atoms with E-state index in [1.165, 1.54) is 6.33 Å². The molecular formula is C5H5ClFN3. The van der Waals surface area contributed by atoms with Crippen LogP contribution in [-0.4, -0.2) is 17.0 Å². The van der Waals surface area contributed by atoms with Crippen LogP contribution < -0.4 is 5.32 Å². The van der Waals surface area contributed by atoms with Gasteiger partial charge < -0.3 is 5.32 Å². The second-order valence-corrected chi connectivity index (χ2v) is 1.94. The number of halogens is 2. The average Bonchev–Trinajstić information content (AvgIpc) is 1.95. The van der Waals surface area contributed by atoms with Crippen LogP contribution in [0, 0.1) is 5.82 Å². The molecule has 1 aromatic heterocycles. The van der Waals surface area contributed by atoms with E-state index in [0.717, 1.165) is 0 Å². The van der Waals surface area contributed by atoms with E-state index in [0.29, 0.717) is 0 Å². The number of hydrogen-bond acceptors (Lipinski definition) is 3. The molecule has 0 aromatic carbocycles. The first kappa shape index (κ1) is 7.21. The Hall–Kier alpha value is -0.900. The lowest BCUT2D eigenvalue weighted by Gasteiger charge is -1.98. The van der Waals surface area contributed by atoms with Gasteiger partial charge in [0.25, 0.3) is 0 Å². The molecule has 0 spiro atoms. The maximum Gasteiger partial charge on any atom is 0.202 e. The summed E-state index contributed by atoms with van der Waals surface area (Å²) in [5.41, 5.74) is 0. The zero-order valence-corrected chi connectivity index (χ0v) is 5.98. The first-order valence-electron chi connectivity index (χ1n) is 2.59. The van der Waals surface area contributed by atoms with E-state index in [2.05, 4.69) is 15.3 Å². The molecular weight excluding hydrogens is 157 g/mol. The lowest BCUT2D eigenvalue weighted by atomic mass is 10.5. The standard InChI is InChI=1S/C5H5ClFN3/c1-8-5-3(7)4(6)9-2-10-5/h2H,1H3,(H,8,9,10). The van der Waals surface area contributed by atoms with Crippen molar-refractivity contribution in [1.82, 2.24) is 9.97 Å². The molecule has 0 atom stereocenters. The van der Waals surface area contributed by atoms with E-state index in [1.807, 2.05) is 0 Å². The van der Waals surface area contributed by atoms with Crippen molar-refractivity contribution in [3.8, 4) is 0 Å². The highest BCUT2D eigenvalue weighted by Crippen LogP contribution is 2.15. The predicted octanol–water partition coefficient (Wildman–Crippen LogP) is 1.31. The number of nitrogens with one attached hydrogen (secondary N) is 1. The molecule has 5 heteroatoms. The van der Waals surface area contributed by atoms with Crippen LogP contribution in [-0.2, 0) is 0 Å². The van der Waals surface area contributed by atoms with Gasteiger partial charge in [-0.1, -0.05) is 11.6 Å². The molecule has 1 N–H and O–H groups in total. The smallest absolute Gasteiger partial charge is 0.202 e. The van der Waals surface area contributed by atoms with Gasteiger partial charge in [-0.2, -0.15) is 4.39 Å². The molecule has 0 aliphatic rings. The van der Waals surface area contributed by atoms with E-state index in [4.69, 9.17) is 11.6 Å². The van der Waals surface area contributed by atoms with Crippen molar-refractivity contribution in [1.29, 1.82) is 0 Å². The van der Waals surface area contributed by atoms with Crippen LogP contribution in [0.3, 0.4) is 0 Å². The van der Waals surface area contributed by atoms with Crippen molar-refractivity contribution in [2.24, 2.45) is 0 Å². The van der Waals surface area contributed by atoms with Crippen LogP contribution in [0.1, 0.15) is 0 Å². The zero-order valence-electron chi connectivity index (χ0n) is 5.23. The minimum Gasteiger partial charge on any atom is -0.371 e. The number of aromatic nitrogens is 2. The second-order valence-electron chi connectivity index (χ2n) is 1.58. The first-order valence-corrected chi connectivity index (χ1v) is 2.97. The van der Waals surface area contributed by atoms with Crippen LogP contribution in [0.25, 0.3) is 0 Å². The van der Waals surface area contributed by atoms with Gasteiger partial charge in [-0.25, -0.2) is 9.97 Å². The fourth-order valence-electron chi connectivity index (χ4n) is 0.523. The molecule has 0 amide bonds. The van der Waals surface area contributed by atoms with Crippen LogP contribution >= 0.6 is 11.6 Å². The van der Waals surface area contributed by atoms with Crippen LogP contribution in [0.4, 0.5) is 10.2 Å². The summed E-state index contributed by atoms with van der Waals surface area (Å²) in [5.74, 6) is -0.508. The monoisotopic (exact) mass is 161 g/mol. The summed E-state index contributed by atoms with van der Waals surface area (Å²) in [5, 5.41) is 2.36. The van der Waals surface area contributed by atoms with Crippen LogP contribution in [0.2, 0.25) is 5.15 Å². The lowest BCUT2D eigenvalue weighted by Crippen LogP contribution is -1.97. The molecule has 10 heavy (non-hydrogen) atoms. The number of rotatable bonds is 1. The van der Waals surface area contributed by atoms with E-state index < -0.39 is 5.82 Å². The summed E-state index contributed by atoms with van der Waals surface area (Å²) in [6.45, 7) is 0. The summed E-state index contributed by atoms with van der Waals surface area (Å²) in [7, 11) is 1.56. The molecule has 1 rings (SSSR count). The Labute approximate surface area is 62.3 Å². The summed E-state index contributed by atoms with van der Waals surface area (Å²) in [6, 6.07) is 0. The Bertz CT molecular complexity index is 240. The molecule has 1 heterocycles. The molecule has 0 saturated carbocycles. The van der Waals surface area contributed by atoms with Crippen LogP contribution in [0.15, 0.2) is 6.33 Å². The van der Waals surface area contributed by atoms with Gasteiger partial charge in [-0.3, -0.25) is 0 Å². The predicted molar refractivity (Wildman–Crippen MR) is 36.5 cm³/mol. The van der Waals surface area contributed by atoms with Crippen molar-refractivity contribution in [2.75, 3.05) is 12.4 Å². The summed E-state index contributed by atoms with van der Waals surface area (Å²) >= 11 is 5.33. The minimum atomic E-state index is -0.619. The Morgan fingerprint density at radius 3 is 2.80 bits per heavy atom. The Morgan fingerprint density at radius 1 is 1.60 bits per heavy atom. The molecule has 0 radical (unpaired) electrons. The van der Waals surface area contributed by atoms with Crippen molar-refractivity contribution in [3.05, 3.63) is 17.3 Å². The van der Waals surface area contributed by atoms with Gasteiger partial charge in [0.15, 0.2) is 11.0 Å².